The van der Waals surface area contributed by atoms with E-state index < -0.39 is 15.7 Å². The van der Waals surface area contributed by atoms with Crippen LogP contribution in [0.5, 0.6) is 0 Å². The molecule has 0 spiro atoms. The summed E-state index contributed by atoms with van der Waals surface area (Å²) >= 11 is 0. The SMILES string of the molecule is CNc1nc(C)c([N+](=O)[O-])c(NCCS(C)=O)n1. The first-order chi connectivity index (χ1) is 8.45. The molecule has 100 valence electrons. The van der Waals surface area contributed by atoms with Gasteiger partial charge in [0.15, 0.2) is 0 Å². The third kappa shape index (κ3) is 3.62. The van der Waals surface area contributed by atoms with Crippen molar-refractivity contribution in [1.82, 2.24) is 9.97 Å². The van der Waals surface area contributed by atoms with Crippen LogP contribution in [0.25, 0.3) is 0 Å². The maximum atomic E-state index is 10.9. The Morgan fingerprint density at radius 2 is 2.11 bits per heavy atom. The average molecular weight is 273 g/mol. The molecular formula is C9H15N5O3S. The molecule has 18 heavy (non-hydrogen) atoms. The van der Waals surface area contributed by atoms with Crippen molar-refractivity contribution in [1.29, 1.82) is 0 Å². The minimum absolute atomic E-state index is 0.141. The van der Waals surface area contributed by atoms with Gasteiger partial charge in [0.2, 0.25) is 11.8 Å². The van der Waals surface area contributed by atoms with E-state index in [0.29, 0.717) is 18.2 Å². The molecule has 1 aromatic heterocycles. The van der Waals surface area contributed by atoms with Crippen molar-refractivity contribution in [2.24, 2.45) is 0 Å². The standard InChI is InChI=1S/C9H15N5O3S/c1-6-7(14(15)16)8(11-4-5-18(3)17)13-9(10-2)12-6/h4-5H2,1-3H3,(H2,10,11,12,13). The van der Waals surface area contributed by atoms with Gasteiger partial charge in [-0.1, -0.05) is 0 Å². The molecular weight excluding hydrogens is 258 g/mol. The second kappa shape index (κ2) is 6.24. The largest absolute Gasteiger partial charge is 0.363 e. The summed E-state index contributed by atoms with van der Waals surface area (Å²) in [4.78, 5) is 18.4. The highest BCUT2D eigenvalue weighted by Gasteiger charge is 2.21. The predicted molar refractivity (Wildman–Crippen MR) is 70.4 cm³/mol. The van der Waals surface area contributed by atoms with Crippen LogP contribution in [0, 0.1) is 17.0 Å². The van der Waals surface area contributed by atoms with Crippen LogP contribution in [0.15, 0.2) is 0 Å². The second-order valence-corrected chi connectivity index (χ2v) is 5.10. The highest BCUT2D eigenvalue weighted by Crippen LogP contribution is 2.26. The third-order valence-electron chi connectivity index (χ3n) is 2.15. The number of aromatic nitrogens is 2. The first kappa shape index (κ1) is 14.3. The quantitative estimate of drug-likeness (QED) is 0.574. The fourth-order valence-corrected chi connectivity index (χ4v) is 1.72. The molecule has 0 aliphatic heterocycles. The summed E-state index contributed by atoms with van der Waals surface area (Å²) < 4.78 is 10.9. The lowest BCUT2D eigenvalue weighted by Gasteiger charge is -2.08. The lowest BCUT2D eigenvalue weighted by Crippen LogP contribution is -2.14. The predicted octanol–water partition coefficient (Wildman–Crippen LogP) is 0.525. The van der Waals surface area contributed by atoms with Crippen molar-refractivity contribution in [3.63, 3.8) is 0 Å². The normalized spacial score (nSPS) is 11.9. The van der Waals surface area contributed by atoms with Gasteiger partial charge >= 0.3 is 5.69 Å². The Balaban J connectivity index is 3.01. The zero-order valence-corrected chi connectivity index (χ0v) is 11.2. The molecule has 1 atom stereocenters. The first-order valence-corrected chi connectivity index (χ1v) is 6.93. The van der Waals surface area contributed by atoms with Crippen molar-refractivity contribution >= 4 is 28.3 Å². The van der Waals surface area contributed by atoms with Gasteiger partial charge in [-0.3, -0.25) is 14.3 Å². The van der Waals surface area contributed by atoms with E-state index in [0.717, 1.165) is 0 Å². The molecule has 8 nitrogen and oxygen atoms in total. The Kier molecular flexibility index (Phi) is 4.95. The molecule has 0 saturated carbocycles. The average Bonchev–Trinajstić information content (AvgIpc) is 2.27. The first-order valence-electron chi connectivity index (χ1n) is 5.20. The summed E-state index contributed by atoms with van der Waals surface area (Å²) in [5.74, 6) is 0.843. The number of nitro groups is 1. The molecule has 0 bridgehead atoms. The van der Waals surface area contributed by atoms with Crippen LogP contribution in [0.4, 0.5) is 17.5 Å². The molecule has 1 rings (SSSR count). The van der Waals surface area contributed by atoms with Gasteiger partial charge in [0, 0.05) is 36.4 Å². The Hall–Kier alpha value is -1.77. The third-order valence-corrected chi connectivity index (χ3v) is 2.93. The van der Waals surface area contributed by atoms with Gasteiger partial charge in [-0.25, -0.2) is 4.98 Å². The topological polar surface area (TPSA) is 110 Å². The lowest BCUT2D eigenvalue weighted by atomic mass is 10.3. The Labute approximate surface area is 107 Å². The molecule has 0 aromatic carbocycles. The van der Waals surface area contributed by atoms with Crippen LogP contribution in [-0.4, -0.2) is 44.7 Å². The van der Waals surface area contributed by atoms with Crippen LogP contribution >= 0.6 is 0 Å². The fourth-order valence-electron chi connectivity index (χ4n) is 1.33. The molecule has 0 saturated heterocycles. The van der Waals surface area contributed by atoms with E-state index >= 15 is 0 Å². The van der Waals surface area contributed by atoms with Crippen molar-refractivity contribution in [3.05, 3.63) is 15.8 Å². The number of nitrogens with zero attached hydrogens (tertiary/aromatic N) is 3. The summed E-state index contributed by atoms with van der Waals surface area (Å²) in [5, 5.41) is 16.5. The summed E-state index contributed by atoms with van der Waals surface area (Å²) in [6.07, 6.45) is 1.57. The van der Waals surface area contributed by atoms with E-state index in [4.69, 9.17) is 0 Å². The molecule has 2 N–H and O–H groups in total. The van der Waals surface area contributed by atoms with Crippen LogP contribution in [0.2, 0.25) is 0 Å². The van der Waals surface area contributed by atoms with E-state index in [1.54, 1.807) is 20.2 Å². The summed E-state index contributed by atoms with van der Waals surface area (Å²) in [5.41, 5.74) is 0.121. The number of anilines is 2. The van der Waals surface area contributed by atoms with Crippen LogP contribution in [0.3, 0.4) is 0 Å². The highest BCUT2D eigenvalue weighted by atomic mass is 32.2. The monoisotopic (exact) mass is 273 g/mol. The van der Waals surface area contributed by atoms with Crippen molar-refractivity contribution in [3.8, 4) is 0 Å². The molecule has 1 heterocycles. The maximum absolute atomic E-state index is 10.9. The van der Waals surface area contributed by atoms with Crippen LogP contribution in [0.1, 0.15) is 5.69 Å². The molecule has 0 aliphatic carbocycles. The van der Waals surface area contributed by atoms with Crippen molar-refractivity contribution in [2.75, 3.05) is 36.2 Å². The molecule has 0 fully saturated rings. The molecule has 1 unspecified atom stereocenters. The zero-order valence-electron chi connectivity index (χ0n) is 10.4. The van der Waals surface area contributed by atoms with Gasteiger partial charge in [-0.15, -0.1) is 0 Å². The van der Waals surface area contributed by atoms with Gasteiger partial charge in [0.1, 0.15) is 5.69 Å². The van der Waals surface area contributed by atoms with E-state index in [2.05, 4.69) is 20.6 Å². The van der Waals surface area contributed by atoms with E-state index in [-0.39, 0.29) is 17.2 Å². The minimum Gasteiger partial charge on any atom is -0.363 e. The Bertz CT molecular complexity index is 480. The van der Waals surface area contributed by atoms with Crippen molar-refractivity contribution in [2.45, 2.75) is 6.92 Å². The molecule has 0 aliphatic rings. The summed E-state index contributed by atoms with van der Waals surface area (Å²) in [6, 6.07) is 0. The van der Waals surface area contributed by atoms with Crippen LogP contribution < -0.4 is 10.6 Å². The number of nitrogens with one attached hydrogen (secondary N) is 2. The summed E-state index contributed by atoms with van der Waals surface area (Å²) in [7, 11) is 0.670. The van der Waals surface area contributed by atoms with E-state index in [1.807, 2.05) is 0 Å². The number of rotatable bonds is 6. The molecule has 0 radical (unpaired) electrons. The minimum atomic E-state index is -0.960. The Morgan fingerprint density at radius 1 is 1.44 bits per heavy atom. The summed E-state index contributed by atoms with van der Waals surface area (Å²) in [6.45, 7) is 1.90. The lowest BCUT2D eigenvalue weighted by molar-refractivity contribution is -0.385. The second-order valence-electron chi connectivity index (χ2n) is 3.54. The fraction of sp³-hybridized carbons (Fsp3) is 0.556. The molecule has 9 heteroatoms. The van der Waals surface area contributed by atoms with Crippen molar-refractivity contribution < 1.29 is 9.13 Å². The smallest absolute Gasteiger partial charge is 0.332 e. The zero-order chi connectivity index (χ0) is 13.7. The van der Waals surface area contributed by atoms with E-state index in [9.17, 15) is 14.3 Å². The van der Waals surface area contributed by atoms with Gasteiger partial charge < -0.3 is 10.6 Å². The van der Waals surface area contributed by atoms with Gasteiger partial charge in [0.05, 0.1) is 4.92 Å². The molecule has 1 aromatic rings. The van der Waals surface area contributed by atoms with E-state index in [1.165, 1.54) is 0 Å². The number of hydrogen-bond donors (Lipinski definition) is 2. The Morgan fingerprint density at radius 3 is 2.61 bits per heavy atom. The number of aryl methyl sites for hydroxylation is 1. The van der Waals surface area contributed by atoms with Gasteiger partial charge in [-0.05, 0) is 6.92 Å². The number of hydrogen-bond acceptors (Lipinski definition) is 7. The van der Waals surface area contributed by atoms with Gasteiger partial charge in [0.25, 0.3) is 0 Å². The van der Waals surface area contributed by atoms with Crippen LogP contribution in [-0.2, 0) is 10.8 Å². The highest BCUT2D eigenvalue weighted by molar-refractivity contribution is 7.84. The molecule has 0 amide bonds. The van der Waals surface area contributed by atoms with Gasteiger partial charge in [-0.2, -0.15) is 4.98 Å². The maximum Gasteiger partial charge on any atom is 0.332 e.